The summed E-state index contributed by atoms with van der Waals surface area (Å²) in [6.07, 6.45) is 5.98. The van der Waals surface area contributed by atoms with E-state index in [1.807, 2.05) is 18.3 Å². The molecule has 0 bridgehead atoms. The molecule has 176 valence electrons. The quantitative estimate of drug-likeness (QED) is 0.226. The summed E-state index contributed by atoms with van der Waals surface area (Å²) in [7, 11) is 0. The minimum Gasteiger partial charge on any atom is -1.00 e. The number of unbranched alkanes of at least 4 members (excludes halogenated alkanes) is 2. The van der Waals surface area contributed by atoms with Crippen LogP contribution in [0.2, 0.25) is 0 Å². The average Bonchev–Trinajstić information content (AvgIpc) is 2.81. The van der Waals surface area contributed by atoms with Crippen molar-refractivity contribution in [3.8, 4) is 10.6 Å². The van der Waals surface area contributed by atoms with Crippen molar-refractivity contribution in [1.29, 1.82) is 0 Å². The average molecular weight is 483 g/mol. The number of hydrogen-bond donors (Lipinski definition) is 1. The van der Waals surface area contributed by atoms with E-state index in [0.29, 0.717) is 0 Å². The first-order chi connectivity index (χ1) is 15.6. The van der Waals surface area contributed by atoms with E-state index >= 15 is 0 Å². The van der Waals surface area contributed by atoms with Crippen LogP contribution in [0.25, 0.3) is 31.7 Å². The van der Waals surface area contributed by atoms with E-state index in [1.54, 1.807) is 0 Å². The Morgan fingerprint density at radius 1 is 0.879 bits per heavy atom. The summed E-state index contributed by atoms with van der Waals surface area (Å²) in [5, 5.41) is 6.03. The molecule has 4 nitrogen and oxygen atoms in total. The van der Waals surface area contributed by atoms with Gasteiger partial charge in [-0.05, 0) is 37.6 Å². The van der Waals surface area contributed by atoms with Crippen molar-refractivity contribution in [2.24, 2.45) is 0 Å². The molecule has 0 saturated carbocycles. The summed E-state index contributed by atoms with van der Waals surface area (Å²) < 4.78 is 3.75. The first kappa shape index (κ1) is 25.4. The van der Waals surface area contributed by atoms with Crippen molar-refractivity contribution >= 4 is 38.1 Å². The third-order valence-corrected chi connectivity index (χ3v) is 7.02. The molecule has 0 radical (unpaired) electrons. The Kier molecular flexibility index (Phi) is 9.04. The number of anilines is 1. The smallest absolute Gasteiger partial charge is 0.201 e. The molecule has 1 aliphatic carbocycles. The molecule has 2 aromatic rings. The van der Waals surface area contributed by atoms with Gasteiger partial charge in [-0.25, -0.2) is 9.56 Å². The fraction of sp³-hybridized carbons (Fsp3) is 0.444. The third kappa shape index (κ3) is 5.64. The van der Waals surface area contributed by atoms with Crippen LogP contribution in [0, 0.1) is 6.92 Å². The Morgan fingerprint density at radius 2 is 1.64 bits per heavy atom. The lowest BCUT2D eigenvalue weighted by molar-refractivity contribution is -0.00000672. The van der Waals surface area contributed by atoms with E-state index in [4.69, 9.17) is 9.97 Å². The van der Waals surface area contributed by atoms with Crippen LogP contribution in [0.5, 0.6) is 0 Å². The summed E-state index contributed by atoms with van der Waals surface area (Å²) in [5.74, 6) is 0. The molecule has 1 aromatic carbocycles. The Bertz CT molecular complexity index is 1250. The first-order valence-corrected chi connectivity index (χ1v) is 12.9. The monoisotopic (exact) mass is 482 g/mol. The first-order valence-electron chi connectivity index (χ1n) is 12.1. The lowest BCUT2D eigenvalue weighted by Gasteiger charge is -2.13. The largest absolute Gasteiger partial charge is 1.00 e. The number of pyridine rings is 1. The summed E-state index contributed by atoms with van der Waals surface area (Å²) in [6.45, 7) is 12.0. The highest BCUT2D eigenvalue weighted by Crippen LogP contribution is 2.36. The molecule has 0 amide bonds. The molecule has 2 heterocycles. The van der Waals surface area contributed by atoms with Gasteiger partial charge in [0, 0.05) is 42.6 Å². The third-order valence-electron chi connectivity index (χ3n) is 5.94. The fourth-order valence-corrected chi connectivity index (χ4v) is 5.19. The van der Waals surface area contributed by atoms with Crippen molar-refractivity contribution < 1.29 is 12.4 Å². The maximum Gasteiger partial charge on any atom is 0.201 e. The van der Waals surface area contributed by atoms with Crippen LogP contribution in [0.1, 0.15) is 58.6 Å². The fourth-order valence-electron chi connectivity index (χ4n) is 4.12. The number of aryl methyl sites for hydroxylation is 1. The molecule has 0 atom stereocenters. The van der Waals surface area contributed by atoms with Crippen molar-refractivity contribution in [1.82, 2.24) is 14.5 Å². The Balaban J connectivity index is 0.00000306. The number of nitrogens with zero attached hydrogens (tertiary/aromatic N) is 3. The highest BCUT2D eigenvalue weighted by Gasteiger charge is 2.15. The predicted molar refractivity (Wildman–Crippen MR) is 140 cm³/mol. The second-order valence-electron chi connectivity index (χ2n) is 8.61. The van der Waals surface area contributed by atoms with E-state index in [1.165, 1.54) is 40.6 Å². The molecule has 6 heteroatoms. The van der Waals surface area contributed by atoms with Gasteiger partial charge in [0.2, 0.25) is 5.36 Å². The number of benzene rings is 2. The molecule has 0 saturated heterocycles. The predicted octanol–water partition coefficient (Wildman–Crippen LogP) is 3.46. The highest BCUT2D eigenvalue weighted by atomic mass is 35.5. The minimum absolute atomic E-state index is 0. The van der Waals surface area contributed by atoms with E-state index < -0.39 is 0 Å². The van der Waals surface area contributed by atoms with Crippen LogP contribution in [0.3, 0.4) is 0 Å². The molecular formula is C27H35ClN4S. The van der Waals surface area contributed by atoms with Crippen molar-refractivity contribution in [3.05, 3.63) is 47.4 Å². The molecule has 4 rings (SSSR count). The number of rotatable bonds is 9. The van der Waals surface area contributed by atoms with Crippen LogP contribution < -0.4 is 27.7 Å². The molecule has 0 fully saturated rings. The van der Waals surface area contributed by atoms with Crippen LogP contribution in [0.15, 0.2) is 36.4 Å². The van der Waals surface area contributed by atoms with Crippen LogP contribution in [-0.2, 0) is 0 Å². The highest BCUT2D eigenvalue weighted by molar-refractivity contribution is 7.21. The van der Waals surface area contributed by atoms with Gasteiger partial charge in [0.05, 0.1) is 32.0 Å². The molecule has 0 spiro atoms. The van der Waals surface area contributed by atoms with Gasteiger partial charge in [0.15, 0.2) is 0 Å². The van der Waals surface area contributed by atoms with Gasteiger partial charge in [-0.1, -0.05) is 33.6 Å². The molecule has 33 heavy (non-hydrogen) atoms. The second kappa shape index (κ2) is 11.8. The van der Waals surface area contributed by atoms with E-state index in [0.717, 1.165) is 59.5 Å². The zero-order chi connectivity index (χ0) is 22.5. The maximum atomic E-state index is 5.11. The summed E-state index contributed by atoms with van der Waals surface area (Å²) >= 11 is 1.84. The number of nitrogens with one attached hydrogen (secondary N) is 1. The molecule has 0 unspecified atom stereocenters. The van der Waals surface area contributed by atoms with Crippen LogP contribution in [0.4, 0.5) is 5.69 Å². The summed E-state index contributed by atoms with van der Waals surface area (Å²) in [4.78, 5) is 11.2. The number of aromatic nitrogens is 2. The topological polar surface area (TPSA) is 40.8 Å². The van der Waals surface area contributed by atoms with Gasteiger partial charge >= 0.3 is 0 Å². The van der Waals surface area contributed by atoms with Crippen molar-refractivity contribution in [2.45, 2.75) is 59.8 Å². The number of halogens is 1. The molecule has 2 aliphatic rings. The summed E-state index contributed by atoms with van der Waals surface area (Å²) in [6, 6.07) is 13.3. The normalized spacial score (nSPS) is 11.2. The van der Waals surface area contributed by atoms with Crippen molar-refractivity contribution in [3.63, 3.8) is 0 Å². The van der Waals surface area contributed by atoms with E-state index in [9.17, 15) is 0 Å². The van der Waals surface area contributed by atoms with E-state index in [-0.39, 0.29) is 12.4 Å². The van der Waals surface area contributed by atoms with Gasteiger partial charge in [-0.3, -0.25) is 4.98 Å². The second-order valence-corrected chi connectivity index (χ2v) is 9.69. The van der Waals surface area contributed by atoms with Gasteiger partial charge < -0.3 is 17.7 Å². The summed E-state index contributed by atoms with van der Waals surface area (Å²) in [5.41, 5.74) is 5.28. The zero-order valence-electron chi connectivity index (χ0n) is 20.2. The standard InChI is InChI=1S/C27H34N4S.ClH/c1-5-8-15-31(16-9-6-2)20-11-13-22-24(17-20)32-25-18-23(28-14-7-3)26-21(27(25)30-22)12-10-19(4)29-26;/h10-13,17-18H,5-9,14-16H2,1-4H3;1H. The zero-order valence-corrected chi connectivity index (χ0v) is 21.8. The Morgan fingerprint density at radius 3 is 2.33 bits per heavy atom. The minimum atomic E-state index is 0. The van der Waals surface area contributed by atoms with Gasteiger partial charge in [-0.15, -0.1) is 11.3 Å². The molecule has 1 N–H and O–H groups in total. The molecule has 1 aromatic heterocycles. The SMILES string of the molecule is CCCC[N+](CCCC)=c1ccc2nc3c(cc(NCCC)c4nc(C)ccc43)sc-2c1.[Cl-]. The van der Waals surface area contributed by atoms with Crippen LogP contribution >= 0.6 is 11.3 Å². The van der Waals surface area contributed by atoms with Gasteiger partial charge in [0.1, 0.15) is 13.1 Å². The molecular weight excluding hydrogens is 448 g/mol. The van der Waals surface area contributed by atoms with Crippen LogP contribution in [-0.4, -0.2) is 29.6 Å². The Labute approximate surface area is 207 Å². The Hall–Kier alpha value is -2.24. The van der Waals surface area contributed by atoms with Gasteiger partial charge in [-0.2, -0.15) is 0 Å². The van der Waals surface area contributed by atoms with Gasteiger partial charge in [0.25, 0.3) is 0 Å². The van der Waals surface area contributed by atoms with Crippen molar-refractivity contribution in [2.75, 3.05) is 25.0 Å². The molecule has 1 aliphatic heterocycles. The van der Waals surface area contributed by atoms with E-state index in [2.05, 4.69) is 67.1 Å². The lowest BCUT2D eigenvalue weighted by atomic mass is 10.1. The maximum absolute atomic E-state index is 5.11. The number of fused-ring (bicyclic) bond motifs is 4. The number of hydrogen-bond acceptors (Lipinski definition) is 4. The lowest BCUT2D eigenvalue weighted by Crippen LogP contribution is -3.00.